The van der Waals surface area contributed by atoms with Crippen molar-refractivity contribution < 1.29 is 36.6 Å². The van der Waals surface area contributed by atoms with E-state index in [1.165, 1.54) is 6.20 Å². The van der Waals surface area contributed by atoms with E-state index >= 15 is 0 Å². The maximum absolute atomic E-state index is 13.5. The van der Waals surface area contributed by atoms with Gasteiger partial charge in [-0.1, -0.05) is 19.6 Å². The fourth-order valence-electron chi connectivity index (χ4n) is 3.32. The minimum Gasteiger partial charge on any atom is -0.489 e. The molecule has 3 rings (SSSR count). The monoisotopic (exact) mass is 498 g/mol. The summed E-state index contributed by atoms with van der Waals surface area (Å²) >= 11 is 0. The highest BCUT2D eigenvalue weighted by molar-refractivity contribution is 6.76. The van der Waals surface area contributed by atoms with Gasteiger partial charge in [0.05, 0.1) is 6.61 Å². The van der Waals surface area contributed by atoms with Gasteiger partial charge in [-0.2, -0.15) is 18.3 Å². The van der Waals surface area contributed by atoms with Crippen molar-refractivity contribution in [2.45, 2.75) is 59.0 Å². The Morgan fingerprint density at radius 3 is 2.62 bits per heavy atom. The lowest BCUT2D eigenvalue weighted by Crippen LogP contribution is -2.22. The molecule has 3 aromatic rings. The number of fused-ring (bicyclic) bond motifs is 1. The van der Waals surface area contributed by atoms with Crippen LogP contribution in [0.5, 0.6) is 5.75 Å². The van der Waals surface area contributed by atoms with Crippen LogP contribution in [-0.4, -0.2) is 37.0 Å². The van der Waals surface area contributed by atoms with Gasteiger partial charge in [0.25, 0.3) is 0 Å². The Bertz CT molecular complexity index is 1150. The number of nitrogens with zero attached hydrogens (tertiary/aromatic N) is 2. The molecule has 34 heavy (non-hydrogen) atoms. The van der Waals surface area contributed by atoms with E-state index in [-0.39, 0.29) is 36.8 Å². The standard InChI is InChI=1S/C23H29F3N2O5Si/c1-6-31-22(29)20-15(2)33-19-8-7-17(11-18(19)20)32-13-16-12-28(27-21(16)23(24,25)26)14-30-9-10-34(3,4)5/h7-8,11-12H,6,9-10,13-14H2,1-5H3. The van der Waals surface area contributed by atoms with Gasteiger partial charge in [0.2, 0.25) is 0 Å². The Labute approximate surface area is 196 Å². The summed E-state index contributed by atoms with van der Waals surface area (Å²) in [7, 11) is -1.31. The van der Waals surface area contributed by atoms with Crippen molar-refractivity contribution in [2.24, 2.45) is 0 Å². The first-order chi connectivity index (χ1) is 15.9. The Morgan fingerprint density at radius 1 is 1.24 bits per heavy atom. The van der Waals surface area contributed by atoms with Crippen LogP contribution >= 0.6 is 0 Å². The van der Waals surface area contributed by atoms with Crippen molar-refractivity contribution in [2.75, 3.05) is 13.2 Å². The molecule has 0 atom stereocenters. The second-order valence-corrected chi connectivity index (χ2v) is 14.7. The zero-order chi connectivity index (χ0) is 25.1. The quantitative estimate of drug-likeness (QED) is 0.193. The van der Waals surface area contributed by atoms with Gasteiger partial charge in [-0.15, -0.1) is 0 Å². The number of carbonyl (C=O) groups excluding carboxylic acids is 1. The number of aryl methyl sites for hydroxylation is 1. The molecule has 0 N–H and O–H groups in total. The van der Waals surface area contributed by atoms with Crippen LogP contribution in [-0.2, 0) is 29.0 Å². The number of furan rings is 1. The van der Waals surface area contributed by atoms with Crippen molar-refractivity contribution in [1.29, 1.82) is 0 Å². The zero-order valence-electron chi connectivity index (χ0n) is 19.9. The van der Waals surface area contributed by atoms with Crippen LogP contribution in [0.2, 0.25) is 25.7 Å². The van der Waals surface area contributed by atoms with Gasteiger partial charge in [0, 0.05) is 31.8 Å². The molecule has 0 saturated carbocycles. The molecular weight excluding hydrogens is 469 g/mol. The first-order valence-corrected chi connectivity index (χ1v) is 14.6. The highest BCUT2D eigenvalue weighted by Crippen LogP contribution is 2.33. The van der Waals surface area contributed by atoms with Crippen molar-refractivity contribution in [3.05, 3.63) is 47.0 Å². The summed E-state index contributed by atoms with van der Waals surface area (Å²) in [5.41, 5.74) is -0.419. The minimum absolute atomic E-state index is 0.0727. The van der Waals surface area contributed by atoms with Crippen molar-refractivity contribution in [1.82, 2.24) is 9.78 Å². The first-order valence-electron chi connectivity index (χ1n) is 10.9. The summed E-state index contributed by atoms with van der Waals surface area (Å²) in [6, 6.07) is 5.62. The second-order valence-electron chi connectivity index (χ2n) is 9.09. The molecule has 7 nitrogen and oxygen atoms in total. The van der Waals surface area contributed by atoms with Crippen LogP contribution in [0, 0.1) is 6.92 Å². The lowest BCUT2D eigenvalue weighted by atomic mass is 10.1. The number of hydrogen-bond acceptors (Lipinski definition) is 6. The van der Waals surface area contributed by atoms with E-state index in [0.29, 0.717) is 23.3 Å². The number of esters is 1. The topological polar surface area (TPSA) is 75.7 Å². The maximum Gasteiger partial charge on any atom is 0.435 e. The molecule has 0 aliphatic rings. The summed E-state index contributed by atoms with van der Waals surface area (Å²) in [6.07, 6.45) is -3.35. The Kier molecular flexibility index (Phi) is 7.76. The normalized spacial score (nSPS) is 12.4. The number of halogens is 3. The number of carbonyl (C=O) groups is 1. The van der Waals surface area contributed by atoms with E-state index in [1.807, 2.05) is 0 Å². The Hall–Kier alpha value is -2.79. The maximum atomic E-state index is 13.5. The van der Waals surface area contributed by atoms with Crippen LogP contribution < -0.4 is 4.74 Å². The summed E-state index contributed by atoms with van der Waals surface area (Å²) in [5.74, 6) is 0.136. The molecule has 1 aromatic carbocycles. The Balaban J connectivity index is 1.76. The van der Waals surface area contributed by atoms with Gasteiger partial charge in [-0.3, -0.25) is 0 Å². The highest BCUT2D eigenvalue weighted by Gasteiger charge is 2.37. The van der Waals surface area contributed by atoms with E-state index in [4.69, 9.17) is 18.6 Å². The molecule has 0 fully saturated rings. The Morgan fingerprint density at radius 2 is 1.97 bits per heavy atom. The smallest absolute Gasteiger partial charge is 0.435 e. The largest absolute Gasteiger partial charge is 0.489 e. The molecule has 0 aliphatic carbocycles. The molecule has 2 heterocycles. The summed E-state index contributed by atoms with van der Waals surface area (Å²) in [6.45, 7) is 10.2. The van der Waals surface area contributed by atoms with E-state index in [0.717, 1.165) is 10.7 Å². The second kappa shape index (κ2) is 10.2. The van der Waals surface area contributed by atoms with E-state index in [1.54, 1.807) is 32.0 Å². The number of alkyl halides is 3. The van der Waals surface area contributed by atoms with Crippen LogP contribution in [0.25, 0.3) is 11.0 Å². The third-order valence-corrected chi connectivity index (χ3v) is 6.74. The fourth-order valence-corrected chi connectivity index (χ4v) is 4.07. The van der Waals surface area contributed by atoms with Crippen LogP contribution in [0.15, 0.2) is 28.8 Å². The predicted molar refractivity (Wildman–Crippen MR) is 123 cm³/mol. The van der Waals surface area contributed by atoms with Gasteiger partial charge >= 0.3 is 12.1 Å². The molecule has 0 aliphatic heterocycles. The molecule has 2 aromatic heterocycles. The van der Waals surface area contributed by atoms with Gasteiger partial charge < -0.3 is 18.6 Å². The number of aromatic nitrogens is 2. The van der Waals surface area contributed by atoms with Crippen molar-refractivity contribution in [3.63, 3.8) is 0 Å². The van der Waals surface area contributed by atoms with E-state index < -0.39 is 25.9 Å². The van der Waals surface area contributed by atoms with Crippen LogP contribution in [0.3, 0.4) is 0 Å². The molecule has 0 radical (unpaired) electrons. The fraction of sp³-hybridized carbons (Fsp3) is 0.478. The molecule has 0 unspecified atom stereocenters. The van der Waals surface area contributed by atoms with Crippen molar-refractivity contribution in [3.8, 4) is 5.75 Å². The minimum atomic E-state index is -4.63. The van der Waals surface area contributed by atoms with Gasteiger partial charge in [-0.05, 0) is 38.1 Å². The average molecular weight is 499 g/mol. The highest BCUT2D eigenvalue weighted by atomic mass is 28.3. The summed E-state index contributed by atoms with van der Waals surface area (Å²) < 4.78 is 63.5. The molecule has 186 valence electrons. The lowest BCUT2D eigenvalue weighted by molar-refractivity contribution is -0.142. The van der Waals surface area contributed by atoms with Crippen LogP contribution in [0.4, 0.5) is 13.2 Å². The third kappa shape index (κ3) is 6.41. The predicted octanol–water partition coefficient (Wildman–Crippen LogP) is 6.02. The summed E-state index contributed by atoms with van der Waals surface area (Å²) in [4.78, 5) is 12.3. The lowest BCUT2D eigenvalue weighted by Gasteiger charge is -2.15. The zero-order valence-corrected chi connectivity index (χ0v) is 20.9. The van der Waals surface area contributed by atoms with Gasteiger partial charge in [0.15, 0.2) is 5.69 Å². The molecule has 11 heteroatoms. The number of hydrogen-bond donors (Lipinski definition) is 0. The molecule has 0 saturated heterocycles. The molecule has 0 bridgehead atoms. The first kappa shape index (κ1) is 25.8. The van der Waals surface area contributed by atoms with Crippen molar-refractivity contribution >= 4 is 25.0 Å². The summed E-state index contributed by atoms with van der Waals surface area (Å²) in [5, 5.41) is 4.13. The van der Waals surface area contributed by atoms with E-state index in [9.17, 15) is 18.0 Å². The SMILES string of the molecule is CCOC(=O)c1c(C)oc2ccc(OCc3cn(COCC[Si](C)(C)C)nc3C(F)(F)F)cc12. The number of rotatable bonds is 10. The third-order valence-electron chi connectivity index (χ3n) is 5.04. The van der Waals surface area contributed by atoms with Crippen LogP contribution in [0.1, 0.15) is 34.3 Å². The van der Waals surface area contributed by atoms with E-state index in [2.05, 4.69) is 24.7 Å². The molecule has 0 amide bonds. The number of ether oxygens (including phenoxy) is 3. The van der Waals surface area contributed by atoms with Gasteiger partial charge in [-0.25, -0.2) is 9.48 Å². The molecule has 0 spiro atoms. The molecular formula is C23H29F3N2O5Si. The van der Waals surface area contributed by atoms with Gasteiger partial charge in [0.1, 0.15) is 36.0 Å². The number of benzene rings is 1. The average Bonchev–Trinajstić information content (AvgIpc) is 3.28.